The average Bonchev–Trinajstić information content (AvgIpc) is 2.31. The Labute approximate surface area is 112 Å². The molecule has 0 bridgehead atoms. The van der Waals surface area contributed by atoms with Gasteiger partial charge in [0.1, 0.15) is 11.6 Å². The Kier molecular flexibility index (Phi) is 6.11. The lowest BCUT2D eigenvalue weighted by molar-refractivity contribution is -0.116. The highest BCUT2D eigenvalue weighted by atomic mass is 32.2. The third kappa shape index (κ3) is 6.45. The molecular weight excluding hydrogens is 271 g/mol. The van der Waals surface area contributed by atoms with E-state index in [9.17, 15) is 17.6 Å². The van der Waals surface area contributed by atoms with Crippen LogP contribution in [0.5, 0.6) is 0 Å². The second-order valence-corrected chi connectivity index (χ2v) is 6.46. The first-order valence-corrected chi connectivity index (χ1v) is 7.70. The highest BCUT2D eigenvalue weighted by Gasteiger charge is 2.16. The van der Waals surface area contributed by atoms with Crippen molar-refractivity contribution in [3.05, 3.63) is 35.6 Å². The lowest BCUT2D eigenvalue weighted by Crippen LogP contribution is -2.21. The van der Waals surface area contributed by atoms with E-state index in [-0.39, 0.29) is 23.8 Å². The standard InChI is InChI=1S/C13H17FO4S/c1-18-7-2-8-19(16,17)10-13(15)9-11-3-5-12(14)6-4-11/h3-6H,2,7-10H2,1H3. The summed E-state index contributed by atoms with van der Waals surface area (Å²) in [6, 6.07) is 5.45. The molecule has 19 heavy (non-hydrogen) atoms. The van der Waals surface area contributed by atoms with Gasteiger partial charge in [-0.05, 0) is 24.1 Å². The Morgan fingerprint density at radius 1 is 1.26 bits per heavy atom. The zero-order chi connectivity index (χ0) is 14.3. The molecule has 0 heterocycles. The molecule has 0 amide bonds. The average molecular weight is 288 g/mol. The molecule has 0 atom stereocenters. The van der Waals surface area contributed by atoms with Gasteiger partial charge in [0.15, 0.2) is 15.6 Å². The van der Waals surface area contributed by atoms with Gasteiger partial charge >= 0.3 is 0 Å². The fourth-order valence-electron chi connectivity index (χ4n) is 1.62. The summed E-state index contributed by atoms with van der Waals surface area (Å²) in [5.41, 5.74) is 0.610. The molecule has 1 aromatic carbocycles. The molecule has 1 rings (SSSR count). The minimum atomic E-state index is -3.38. The van der Waals surface area contributed by atoms with Crippen molar-refractivity contribution in [1.82, 2.24) is 0 Å². The second-order valence-electron chi connectivity index (χ2n) is 4.28. The molecule has 0 spiro atoms. The van der Waals surface area contributed by atoms with Gasteiger partial charge in [0.05, 0.1) is 5.75 Å². The van der Waals surface area contributed by atoms with E-state index in [0.717, 1.165) is 0 Å². The van der Waals surface area contributed by atoms with Crippen LogP contribution in [0.15, 0.2) is 24.3 Å². The number of Topliss-reactive ketones (excluding diaryl/α,β-unsaturated/α-hetero) is 1. The maximum absolute atomic E-state index is 12.7. The summed E-state index contributed by atoms with van der Waals surface area (Å²) in [4.78, 5) is 11.6. The van der Waals surface area contributed by atoms with Gasteiger partial charge in [-0.3, -0.25) is 4.79 Å². The molecule has 0 radical (unpaired) electrons. The summed E-state index contributed by atoms with van der Waals surface area (Å²) in [6.07, 6.45) is 0.381. The molecule has 0 aliphatic heterocycles. The van der Waals surface area contributed by atoms with Crippen LogP contribution in [0.3, 0.4) is 0 Å². The number of benzene rings is 1. The predicted molar refractivity (Wildman–Crippen MR) is 70.3 cm³/mol. The highest BCUT2D eigenvalue weighted by Crippen LogP contribution is 2.05. The maximum atomic E-state index is 12.7. The molecule has 0 aliphatic carbocycles. The van der Waals surface area contributed by atoms with E-state index in [4.69, 9.17) is 4.74 Å². The van der Waals surface area contributed by atoms with Gasteiger partial charge in [0.25, 0.3) is 0 Å². The summed E-state index contributed by atoms with van der Waals surface area (Å²) in [5.74, 6) is -1.31. The third-order valence-electron chi connectivity index (χ3n) is 2.50. The highest BCUT2D eigenvalue weighted by molar-refractivity contribution is 7.92. The van der Waals surface area contributed by atoms with Crippen molar-refractivity contribution in [2.75, 3.05) is 25.2 Å². The number of ketones is 1. The molecule has 0 aliphatic rings. The van der Waals surface area contributed by atoms with E-state index in [1.807, 2.05) is 0 Å². The Hall–Kier alpha value is -1.27. The monoisotopic (exact) mass is 288 g/mol. The van der Waals surface area contributed by atoms with E-state index < -0.39 is 15.6 Å². The zero-order valence-corrected chi connectivity index (χ0v) is 11.6. The second kappa shape index (κ2) is 7.35. The lowest BCUT2D eigenvalue weighted by Gasteiger charge is -2.04. The summed E-state index contributed by atoms with van der Waals surface area (Å²) >= 11 is 0. The Bertz CT molecular complexity index is 508. The van der Waals surface area contributed by atoms with Gasteiger partial charge in [-0.2, -0.15) is 0 Å². The van der Waals surface area contributed by atoms with Crippen LogP contribution in [-0.4, -0.2) is 39.4 Å². The van der Waals surface area contributed by atoms with Crippen LogP contribution in [0.2, 0.25) is 0 Å². The fraction of sp³-hybridized carbons (Fsp3) is 0.462. The first-order valence-electron chi connectivity index (χ1n) is 5.88. The van der Waals surface area contributed by atoms with E-state index in [1.54, 1.807) is 0 Å². The third-order valence-corrected chi connectivity index (χ3v) is 4.17. The van der Waals surface area contributed by atoms with E-state index in [2.05, 4.69) is 0 Å². The van der Waals surface area contributed by atoms with E-state index >= 15 is 0 Å². The van der Waals surface area contributed by atoms with Crippen LogP contribution in [-0.2, 0) is 25.8 Å². The molecule has 106 valence electrons. The number of hydrogen-bond acceptors (Lipinski definition) is 4. The largest absolute Gasteiger partial charge is 0.385 e. The van der Waals surface area contributed by atoms with Crippen LogP contribution < -0.4 is 0 Å². The van der Waals surface area contributed by atoms with E-state index in [1.165, 1.54) is 31.4 Å². The van der Waals surface area contributed by atoms with Crippen LogP contribution in [0, 0.1) is 5.82 Å². The number of carbonyl (C=O) groups excluding carboxylic acids is 1. The van der Waals surface area contributed by atoms with Crippen molar-refractivity contribution in [3.63, 3.8) is 0 Å². The lowest BCUT2D eigenvalue weighted by atomic mass is 10.1. The summed E-state index contributed by atoms with van der Waals surface area (Å²) < 4.78 is 40.7. The molecule has 1 aromatic rings. The summed E-state index contributed by atoms with van der Waals surface area (Å²) in [7, 11) is -1.89. The molecule has 6 heteroatoms. The smallest absolute Gasteiger partial charge is 0.157 e. The van der Waals surface area contributed by atoms with Gasteiger partial charge in [0.2, 0.25) is 0 Å². The normalized spacial score (nSPS) is 11.5. The Morgan fingerprint density at radius 3 is 2.47 bits per heavy atom. The molecule has 0 unspecified atom stereocenters. The SMILES string of the molecule is COCCCS(=O)(=O)CC(=O)Cc1ccc(F)cc1. The maximum Gasteiger partial charge on any atom is 0.157 e. The van der Waals surface area contributed by atoms with Crippen LogP contribution >= 0.6 is 0 Å². The Morgan fingerprint density at radius 2 is 1.89 bits per heavy atom. The topological polar surface area (TPSA) is 60.4 Å². The quantitative estimate of drug-likeness (QED) is 0.678. The first-order chi connectivity index (χ1) is 8.93. The number of methoxy groups -OCH3 is 1. The molecule has 0 saturated carbocycles. The molecule has 0 aromatic heterocycles. The molecule has 0 saturated heterocycles. The van der Waals surface area contributed by atoms with Crippen molar-refractivity contribution in [3.8, 4) is 0 Å². The molecule has 0 fully saturated rings. The predicted octanol–water partition coefficient (Wildman–Crippen LogP) is 1.39. The van der Waals surface area contributed by atoms with Gasteiger partial charge in [-0.25, -0.2) is 12.8 Å². The van der Waals surface area contributed by atoms with Gasteiger partial charge in [0, 0.05) is 20.1 Å². The van der Waals surface area contributed by atoms with Crippen molar-refractivity contribution in [1.29, 1.82) is 0 Å². The number of halogens is 1. The Balaban J connectivity index is 2.48. The minimum absolute atomic E-state index is 0.00376. The number of ether oxygens (including phenoxy) is 1. The molecule has 4 nitrogen and oxygen atoms in total. The van der Waals surface area contributed by atoms with Crippen LogP contribution in [0.25, 0.3) is 0 Å². The number of carbonyl (C=O) groups is 1. The fourth-order valence-corrected chi connectivity index (χ4v) is 2.92. The van der Waals surface area contributed by atoms with Crippen LogP contribution in [0.1, 0.15) is 12.0 Å². The zero-order valence-electron chi connectivity index (χ0n) is 10.8. The summed E-state index contributed by atoms with van der Waals surface area (Å²) in [6.45, 7) is 0.353. The van der Waals surface area contributed by atoms with Crippen molar-refractivity contribution in [2.45, 2.75) is 12.8 Å². The molecular formula is C13H17FO4S. The minimum Gasteiger partial charge on any atom is -0.385 e. The summed E-state index contributed by atoms with van der Waals surface area (Å²) in [5, 5.41) is 0. The number of rotatable bonds is 8. The van der Waals surface area contributed by atoms with Gasteiger partial charge in [-0.15, -0.1) is 0 Å². The molecule has 0 N–H and O–H groups in total. The van der Waals surface area contributed by atoms with Crippen molar-refractivity contribution < 1.29 is 22.3 Å². The van der Waals surface area contributed by atoms with Gasteiger partial charge < -0.3 is 4.74 Å². The number of hydrogen-bond donors (Lipinski definition) is 0. The van der Waals surface area contributed by atoms with E-state index in [0.29, 0.717) is 18.6 Å². The van der Waals surface area contributed by atoms with Crippen molar-refractivity contribution in [2.24, 2.45) is 0 Å². The van der Waals surface area contributed by atoms with Crippen LogP contribution in [0.4, 0.5) is 4.39 Å². The number of sulfone groups is 1. The first kappa shape index (κ1) is 15.8. The van der Waals surface area contributed by atoms with Crippen molar-refractivity contribution >= 4 is 15.6 Å². The van der Waals surface area contributed by atoms with Gasteiger partial charge in [-0.1, -0.05) is 12.1 Å².